The first-order valence-electron chi connectivity index (χ1n) is 7.86. The van der Waals surface area contributed by atoms with Gasteiger partial charge in [-0.25, -0.2) is 4.79 Å². The summed E-state index contributed by atoms with van der Waals surface area (Å²) in [4.78, 5) is 26.3. The van der Waals surface area contributed by atoms with E-state index in [1.807, 2.05) is 6.92 Å². The maximum Gasteiger partial charge on any atom is 0.410 e. The van der Waals surface area contributed by atoms with Gasteiger partial charge in [-0.1, -0.05) is 13.3 Å². The van der Waals surface area contributed by atoms with Gasteiger partial charge in [0.1, 0.15) is 11.1 Å². The highest BCUT2D eigenvalue weighted by atomic mass is 32.1. The Kier molecular flexibility index (Phi) is 5.99. The van der Waals surface area contributed by atoms with Crippen molar-refractivity contribution < 1.29 is 14.3 Å². The molecular weight excluding hydrogens is 314 g/mol. The maximum atomic E-state index is 11.9. The van der Waals surface area contributed by atoms with Crippen molar-refractivity contribution in [3.8, 4) is 6.07 Å². The Balaban J connectivity index is 2.14. The predicted octanol–water partition coefficient (Wildman–Crippen LogP) is 3.26. The molecule has 0 unspecified atom stereocenters. The number of anilines is 1. The van der Waals surface area contributed by atoms with E-state index < -0.39 is 0 Å². The molecule has 1 aliphatic rings. The molecule has 0 saturated heterocycles. The summed E-state index contributed by atoms with van der Waals surface area (Å²) in [6.07, 6.45) is 2.51. The number of ether oxygens (including phenoxy) is 1. The van der Waals surface area contributed by atoms with Crippen LogP contribution in [0.4, 0.5) is 9.80 Å². The van der Waals surface area contributed by atoms with Gasteiger partial charge < -0.3 is 15.0 Å². The molecule has 2 amide bonds. The quantitative estimate of drug-likeness (QED) is 0.895. The molecule has 0 saturated carbocycles. The minimum Gasteiger partial charge on any atom is -0.450 e. The highest BCUT2D eigenvalue weighted by molar-refractivity contribution is 7.16. The van der Waals surface area contributed by atoms with Crippen LogP contribution in [0.2, 0.25) is 0 Å². The van der Waals surface area contributed by atoms with Crippen LogP contribution < -0.4 is 5.32 Å². The highest BCUT2D eigenvalue weighted by Crippen LogP contribution is 2.36. The zero-order valence-corrected chi connectivity index (χ0v) is 14.3. The average Bonchev–Trinajstić information content (AvgIpc) is 2.88. The lowest BCUT2D eigenvalue weighted by Gasteiger charge is -2.25. The molecule has 7 heteroatoms. The Labute approximate surface area is 140 Å². The van der Waals surface area contributed by atoms with Gasteiger partial charge in [-0.2, -0.15) is 5.26 Å². The van der Waals surface area contributed by atoms with Gasteiger partial charge in [0.15, 0.2) is 0 Å². The van der Waals surface area contributed by atoms with Crippen molar-refractivity contribution in [3.63, 3.8) is 0 Å². The van der Waals surface area contributed by atoms with Crippen molar-refractivity contribution in [1.82, 2.24) is 4.90 Å². The molecule has 1 aromatic heterocycles. The molecule has 0 spiro atoms. The van der Waals surface area contributed by atoms with Crippen molar-refractivity contribution in [2.24, 2.45) is 0 Å². The number of hydrogen-bond donors (Lipinski definition) is 1. The van der Waals surface area contributed by atoms with E-state index in [9.17, 15) is 14.9 Å². The highest BCUT2D eigenvalue weighted by Gasteiger charge is 2.28. The van der Waals surface area contributed by atoms with Crippen LogP contribution in [0.5, 0.6) is 0 Å². The zero-order valence-electron chi connectivity index (χ0n) is 13.5. The minimum absolute atomic E-state index is 0.0656. The second kappa shape index (κ2) is 7.97. The third-order valence-electron chi connectivity index (χ3n) is 3.71. The number of fused-ring (bicyclic) bond motifs is 1. The fourth-order valence-electron chi connectivity index (χ4n) is 2.51. The normalized spacial score (nSPS) is 13.2. The first-order valence-corrected chi connectivity index (χ1v) is 8.68. The summed E-state index contributed by atoms with van der Waals surface area (Å²) in [6, 6.07) is 2.20. The van der Waals surface area contributed by atoms with Crippen LogP contribution in [0, 0.1) is 11.3 Å². The number of thiophene rings is 1. The van der Waals surface area contributed by atoms with Crippen molar-refractivity contribution in [3.05, 3.63) is 16.0 Å². The number of nitrogens with zero attached hydrogens (tertiary/aromatic N) is 2. The number of hydrogen-bond acceptors (Lipinski definition) is 5. The topological polar surface area (TPSA) is 82.4 Å². The van der Waals surface area contributed by atoms with E-state index in [0.29, 0.717) is 43.1 Å². The lowest BCUT2D eigenvalue weighted by atomic mass is 10.0. The summed E-state index contributed by atoms with van der Waals surface area (Å²) in [5.74, 6) is -0.0656. The van der Waals surface area contributed by atoms with Gasteiger partial charge in [-0.05, 0) is 25.3 Å². The number of carbonyl (C=O) groups is 2. The number of nitriles is 1. The number of carbonyl (C=O) groups excluding carboxylic acids is 2. The third-order valence-corrected chi connectivity index (χ3v) is 4.84. The summed E-state index contributed by atoms with van der Waals surface area (Å²) in [6.45, 7) is 5.10. The molecule has 1 aromatic rings. The molecule has 0 bridgehead atoms. The van der Waals surface area contributed by atoms with Gasteiger partial charge in [0.25, 0.3) is 0 Å². The summed E-state index contributed by atoms with van der Waals surface area (Å²) in [5, 5.41) is 12.9. The molecule has 124 valence electrons. The Morgan fingerprint density at radius 3 is 2.87 bits per heavy atom. The van der Waals surface area contributed by atoms with E-state index in [2.05, 4.69) is 11.4 Å². The summed E-state index contributed by atoms with van der Waals surface area (Å²) >= 11 is 1.38. The van der Waals surface area contributed by atoms with E-state index >= 15 is 0 Å². The molecular formula is C16H21N3O3S. The molecule has 6 nitrogen and oxygen atoms in total. The smallest absolute Gasteiger partial charge is 0.410 e. The Bertz CT molecular complexity index is 633. The van der Waals surface area contributed by atoms with Gasteiger partial charge in [0.05, 0.1) is 18.7 Å². The largest absolute Gasteiger partial charge is 0.450 e. The van der Waals surface area contributed by atoms with E-state index in [1.165, 1.54) is 11.3 Å². The Morgan fingerprint density at radius 1 is 1.43 bits per heavy atom. The number of amides is 2. The second-order valence-corrected chi connectivity index (χ2v) is 6.45. The zero-order chi connectivity index (χ0) is 16.8. The third kappa shape index (κ3) is 4.02. The van der Waals surface area contributed by atoms with Crippen LogP contribution in [-0.4, -0.2) is 30.1 Å². The Hall–Kier alpha value is -2.07. The van der Waals surface area contributed by atoms with E-state index in [1.54, 1.807) is 11.8 Å². The van der Waals surface area contributed by atoms with Crippen LogP contribution in [-0.2, 0) is 22.5 Å². The maximum absolute atomic E-state index is 11.9. The van der Waals surface area contributed by atoms with Crippen molar-refractivity contribution in [1.29, 1.82) is 5.26 Å². The predicted molar refractivity (Wildman–Crippen MR) is 88.3 cm³/mol. The summed E-state index contributed by atoms with van der Waals surface area (Å²) in [5.41, 5.74) is 1.49. The number of rotatable bonds is 5. The molecule has 0 aromatic carbocycles. The average molecular weight is 335 g/mol. The second-order valence-electron chi connectivity index (χ2n) is 5.34. The minimum atomic E-state index is -0.335. The fraction of sp³-hybridized carbons (Fsp3) is 0.562. The Morgan fingerprint density at radius 2 is 2.22 bits per heavy atom. The molecule has 2 heterocycles. The summed E-state index contributed by atoms with van der Waals surface area (Å²) in [7, 11) is 0. The van der Waals surface area contributed by atoms with Crippen molar-refractivity contribution in [2.45, 2.75) is 46.1 Å². The number of nitrogens with one attached hydrogen (secondary N) is 1. The van der Waals surface area contributed by atoms with Gasteiger partial charge >= 0.3 is 6.09 Å². The van der Waals surface area contributed by atoms with Crippen LogP contribution in [0.1, 0.15) is 49.1 Å². The molecule has 23 heavy (non-hydrogen) atoms. The molecule has 2 rings (SSSR count). The van der Waals surface area contributed by atoms with Crippen LogP contribution in [0.3, 0.4) is 0 Å². The monoisotopic (exact) mass is 335 g/mol. The molecule has 1 aliphatic heterocycles. The fourth-order valence-corrected chi connectivity index (χ4v) is 3.74. The van der Waals surface area contributed by atoms with E-state index in [-0.39, 0.29) is 12.0 Å². The van der Waals surface area contributed by atoms with Crippen LogP contribution >= 0.6 is 11.3 Å². The van der Waals surface area contributed by atoms with Gasteiger partial charge in [0.2, 0.25) is 5.91 Å². The molecule has 0 aliphatic carbocycles. The van der Waals surface area contributed by atoms with Gasteiger partial charge in [-0.3, -0.25) is 4.79 Å². The van der Waals surface area contributed by atoms with Gasteiger partial charge in [-0.15, -0.1) is 11.3 Å². The van der Waals surface area contributed by atoms with Crippen LogP contribution in [0.15, 0.2) is 0 Å². The first-order chi connectivity index (χ1) is 11.1. The molecule has 0 atom stereocenters. The van der Waals surface area contributed by atoms with Crippen LogP contribution in [0.25, 0.3) is 0 Å². The lowest BCUT2D eigenvalue weighted by Crippen LogP contribution is -2.35. The summed E-state index contributed by atoms with van der Waals surface area (Å²) < 4.78 is 5.03. The van der Waals surface area contributed by atoms with Crippen molar-refractivity contribution in [2.75, 3.05) is 18.5 Å². The number of unbranched alkanes of at least 4 members (excludes halogenated alkanes) is 1. The first kappa shape index (κ1) is 17.3. The van der Waals surface area contributed by atoms with E-state index in [0.717, 1.165) is 23.3 Å². The molecule has 0 fully saturated rings. The molecule has 1 N–H and O–H groups in total. The lowest BCUT2D eigenvalue weighted by molar-refractivity contribution is -0.116. The standard InChI is InChI=1S/C16H21N3O3S/c1-3-5-6-14(20)18-15-12(9-17)11-7-8-19(10-13(11)23-15)16(21)22-4-2/h3-8,10H2,1-2H3,(H,18,20). The SMILES string of the molecule is CCCCC(=O)Nc1sc2c(c1C#N)CCN(C(=O)OCC)C2. The van der Waals surface area contributed by atoms with Crippen molar-refractivity contribution >= 4 is 28.3 Å². The molecule has 0 radical (unpaired) electrons. The van der Waals surface area contributed by atoms with E-state index in [4.69, 9.17) is 4.74 Å². The van der Waals surface area contributed by atoms with Gasteiger partial charge in [0, 0.05) is 17.8 Å².